The van der Waals surface area contributed by atoms with Gasteiger partial charge < -0.3 is 15.7 Å². The van der Waals surface area contributed by atoms with Crippen molar-refractivity contribution in [2.45, 2.75) is 71.9 Å². The lowest BCUT2D eigenvalue weighted by Crippen LogP contribution is -2.36. The monoisotopic (exact) mass is 286 g/mol. The molecular weight excluding hydrogens is 256 g/mol. The first-order chi connectivity index (χ1) is 9.40. The van der Waals surface area contributed by atoms with Crippen LogP contribution >= 0.6 is 0 Å². The van der Waals surface area contributed by atoms with Crippen molar-refractivity contribution >= 4 is 11.8 Å². The van der Waals surface area contributed by atoms with E-state index in [2.05, 4.69) is 10.6 Å². The SMILES string of the molecule is CCC(CC)C(O)CNC(=O)CCCC(=O)NC(C)C. The Morgan fingerprint density at radius 1 is 1.05 bits per heavy atom. The molecular formula is C15H30N2O3. The molecule has 0 rings (SSSR count). The van der Waals surface area contributed by atoms with Crippen LogP contribution in [0.25, 0.3) is 0 Å². The average molecular weight is 286 g/mol. The minimum absolute atomic E-state index is 0.0233. The van der Waals surface area contributed by atoms with Crippen molar-refractivity contribution in [1.29, 1.82) is 0 Å². The molecule has 0 aromatic carbocycles. The minimum Gasteiger partial charge on any atom is -0.391 e. The van der Waals surface area contributed by atoms with Crippen LogP contribution < -0.4 is 10.6 Å². The fraction of sp³-hybridized carbons (Fsp3) is 0.867. The van der Waals surface area contributed by atoms with Gasteiger partial charge in [-0.25, -0.2) is 0 Å². The lowest BCUT2D eigenvalue weighted by atomic mass is 9.96. The number of nitrogens with one attached hydrogen (secondary N) is 2. The largest absolute Gasteiger partial charge is 0.391 e. The van der Waals surface area contributed by atoms with Crippen molar-refractivity contribution in [3.05, 3.63) is 0 Å². The molecule has 0 aliphatic rings. The fourth-order valence-electron chi connectivity index (χ4n) is 2.11. The maximum Gasteiger partial charge on any atom is 0.220 e. The van der Waals surface area contributed by atoms with Crippen molar-refractivity contribution in [3.8, 4) is 0 Å². The van der Waals surface area contributed by atoms with Crippen LogP contribution in [-0.2, 0) is 9.59 Å². The number of rotatable bonds is 10. The topological polar surface area (TPSA) is 78.4 Å². The third-order valence-electron chi connectivity index (χ3n) is 3.36. The summed E-state index contributed by atoms with van der Waals surface area (Å²) in [6, 6.07) is 0.131. The molecule has 20 heavy (non-hydrogen) atoms. The van der Waals surface area contributed by atoms with E-state index >= 15 is 0 Å². The highest BCUT2D eigenvalue weighted by atomic mass is 16.3. The Bertz CT molecular complexity index is 289. The molecule has 2 amide bonds. The number of carbonyl (C=O) groups is 2. The number of aliphatic hydroxyl groups excluding tert-OH is 1. The molecule has 0 bridgehead atoms. The molecule has 0 saturated heterocycles. The van der Waals surface area contributed by atoms with Gasteiger partial charge in [-0.05, 0) is 26.2 Å². The van der Waals surface area contributed by atoms with E-state index in [0.29, 0.717) is 25.8 Å². The van der Waals surface area contributed by atoms with Crippen molar-refractivity contribution in [3.63, 3.8) is 0 Å². The molecule has 118 valence electrons. The molecule has 0 aliphatic carbocycles. The predicted octanol–water partition coefficient (Wildman–Crippen LogP) is 1.59. The Labute approximate surface area is 122 Å². The summed E-state index contributed by atoms with van der Waals surface area (Å²) >= 11 is 0. The lowest BCUT2D eigenvalue weighted by Gasteiger charge is -2.20. The summed E-state index contributed by atoms with van der Waals surface area (Å²) in [6.07, 6.45) is 2.54. The summed E-state index contributed by atoms with van der Waals surface area (Å²) in [6.45, 7) is 8.18. The lowest BCUT2D eigenvalue weighted by molar-refractivity contribution is -0.123. The summed E-state index contributed by atoms with van der Waals surface area (Å²) in [5.41, 5.74) is 0. The molecule has 0 spiro atoms. The molecule has 1 unspecified atom stereocenters. The zero-order valence-electron chi connectivity index (χ0n) is 13.2. The van der Waals surface area contributed by atoms with Crippen LogP contribution in [0.15, 0.2) is 0 Å². The summed E-state index contributed by atoms with van der Waals surface area (Å²) < 4.78 is 0. The number of aliphatic hydroxyl groups is 1. The molecule has 0 radical (unpaired) electrons. The minimum atomic E-state index is -0.488. The molecule has 5 nitrogen and oxygen atoms in total. The zero-order valence-corrected chi connectivity index (χ0v) is 13.2. The summed E-state index contributed by atoms with van der Waals surface area (Å²) in [5, 5.41) is 15.4. The molecule has 1 atom stereocenters. The molecule has 0 fully saturated rings. The van der Waals surface area contributed by atoms with Gasteiger partial charge in [0.1, 0.15) is 0 Å². The molecule has 0 aromatic heterocycles. The fourth-order valence-corrected chi connectivity index (χ4v) is 2.11. The van der Waals surface area contributed by atoms with Gasteiger partial charge in [-0.3, -0.25) is 9.59 Å². The zero-order chi connectivity index (χ0) is 15.5. The van der Waals surface area contributed by atoms with Gasteiger partial charge in [0.2, 0.25) is 11.8 Å². The quantitative estimate of drug-likeness (QED) is 0.571. The van der Waals surface area contributed by atoms with Crippen molar-refractivity contribution < 1.29 is 14.7 Å². The average Bonchev–Trinajstić information content (AvgIpc) is 2.36. The van der Waals surface area contributed by atoms with Crippen molar-refractivity contribution in [2.24, 2.45) is 5.92 Å². The third kappa shape index (κ3) is 8.91. The Morgan fingerprint density at radius 2 is 1.60 bits per heavy atom. The van der Waals surface area contributed by atoms with Gasteiger partial charge in [-0.2, -0.15) is 0 Å². The van der Waals surface area contributed by atoms with E-state index in [0.717, 1.165) is 12.8 Å². The van der Waals surface area contributed by atoms with Crippen molar-refractivity contribution in [2.75, 3.05) is 6.54 Å². The Kier molecular flexibility index (Phi) is 10.1. The Morgan fingerprint density at radius 3 is 2.10 bits per heavy atom. The molecule has 0 aromatic rings. The van der Waals surface area contributed by atoms with Crippen LogP contribution in [0.4, 0.5) is 0 Å². The van der Waals surface area contributed by atoms with E-state index in [1.54, 1.807) is 0 Å². The summed E-state index contributed by atoms with van der Waals surface area (Å²) in [4.78, 5) is 23.0. The van der Waals surface area contributed by atoms with Crippen LogP contribution in [-0.4, -0.2) is 35.6 Å². The van der Waals surface area contributed by atoms with Crippen LogP contribution in [0, 0.1) is 5.92 Å². The van der Waals surface area contributed by atoms with Gasteiger partial charge in [-0.15, -0.1) is 0 Å². The van der Waals surface area contributed by atoms with E-state index in [1.807, 2.05) is 27.7 Å². The molecule has 5 heteroatoms. The van der Waals surface area contributed by atoms with Gasteiger partial charge in [0.15, 0.2) is 0 Å². The summed E-state index contributed by atoms with van der Waals surface area (Å²) in [5.74, 6) is 0.101. The highest BCUT2D eigenvalue weighted by Gasteiger charge is 2.16. The molecule has 0 saturated carbocycles. The van der Waals surface area contributed by atoms with Gasteiger partial charge in [0.25, 0.3) is 0 Å². The standard InChI is InChI=1S/C15H30N2O3/c1-5-12(6-2)13(18)10-16-14(19)8-7-9-15(20)17-11(3)4/h11-13,18H,5-10H2,1-4H3,(H,16,19)(H,17,20). The third-order valence-corrected chi connectivity index (χ3v) is 3.36. The second kappa shape index (κ2) is 10.7. The molecule has 0 aliphatic heterocycles. The van der Waals surface area contributed by atoms with Crippen LogP contribution in [0.3, 0.4) is 0 Å². The van der Waals surface area contributed by atoms with E-state index in [4.69, 9.17) is 0 Å². The van der Waals surface area contributed by atoms with E-state index in [-0.39, 0.29) is 23.8 Å². The van der Waals surface area contributed by atoms with Gasteiger partial charge in [-0.1, -0.05) is 26.7 Å². The second-order valence-electron chi connectivity index (χ2n) is 5.52. The first-order valence-electron chi connectivity index (χ1n) is 7.64. The number of amides is 2. The Hall–Kier alpha value is -1.10. The van der Waals surface area contributed by atoms with E-state index in [9.17, 15) is 14.7 Å². The van der Waals surface area contributed by atoms with Crippen LogP contribution in [0.1, 0.15) is 59.8 Å². The predicted molar refractivity (Wildman–Crippen MR) is 80.2 cm³/mol. The second-order valence-corrected chi connectivity index (χ2v) is 5.52. The number of carbonyl (C=O) groups excluding carboxylic acids is 2. The maximum absolute atomic E-state index is 11.6. The maximum atomic E-state index is 11.6. The summed E-state index contributed by atoms with van der Waals surface area (Å²) in [7, 11) is 0. The highest BCUT2D eigenvalue weighted by Crippen LogP contribution is 2.12. The van der Waals surface area contributed by atoms with E-state index in [1.165, 1.54) is 0 Å². The Balaban J connectivity index is 3.76. The molecule has 0 heterocycles. The van der Waals surface area contributed by atoms with Gasteiger partial charge >= 0.3 is 0 Å². The van der Waals surface area contributed by atoms with E-state index < -0.39 is 6.10 Å². The first kappa shape index (κ1) is 18.9. The number of hydrogen-bond donors (Lipinski definition) is 3. The molecule has 3 N–H and O–H groups in total. The number of hydrogen-bond acceptors (Lipinski definition) is 3. The van der Waals surface area contributed by atoms with Crippen LogP contribution in [0.2, 0.25) is 0 Å². The van der Waals surface area contributed by atoms with Crippen molar-refractivity contribution in [1.82, 2.24) is 10.6 Å². The van der Waals surface area contributed by atoms with Gasteiger partial charge in [0.05, 0.1) is 6.10 Å². The highest BCUT2D eigenvalue weighted by molar-refractivity contribution is 5.78. The van der Waals surface area contributed by atoms with Gasteiger partial charge in [0, 0.05) is 25.4 Å². The smallest absolute Gasteiger partial charge is 0.220 e. The first-order valence-corrected chi connectivity index (χ1v) is 7.64. The normalized spacial score (nSPS) is 12.6. The van der Waals surface area contributed by atoms with Crippen LogP contribution in [0.5, 0.6) is 0 Å².